The van der Waals surface area contributed by atoms with Crippen LogP contribution >= 0.6 is 0 Å². The first-order valence-electron chi connectivity index (χ1n) is 5.88. The molecule has 26 heavy (non-hydrogen) atoms. The maximum absolute atomic E-state index is 12.9. The zero-order valence-electron chi connectivity index (χ0n) is 12.1. The van der Waals surface area contributed by atoms with E-state index < -0.39 is 46.1 Å². The largest absolute Gasteiger partial charge is 0.501 e. The zero-order valence-corrected chi connectivity index (χ0v) is 14.5. The van der Waals surface area contributed by atoms with E-state index in [9.17, 15) is 43.3 Å². The molecule has 16 heteroatoms. The first kappa shape index (κ1) is 22.4. The Morgan fingerprint density at radius 3 is 1.88 bits per heavy atom. The van der Waals surface area contributed by atoms with Crippen LogP contribution in [0.2, 0.25) is 0 Å². The van der Waals surface area contributed by atoms with Crippen LogP contribution in [0, 0.1) is 0 Å². The predicted octanol–water partition coefficient (Wildman–Crippen LogP) is 3.43. The molecular weight excluding hydrogens is 438 g/mol. The number of hydrogen-bond donors (Lipinski definition) is 0. The van der Waals surface area contributed by atoms with Gasteiger partial charge in [0.2, 0.25) is 0 Å². The van der Waals surface area contributed by atoms with Crippen LogP contribution in [0.25, 0.3) is 6.08 Å². The van der Waals surface area contributed by atoms with Gasteiger partial charge in [-0.2, -0.15) is 30.4 Å². The highest BCUT2D eigenvalue weighted by molar-refractivity contribution is 8.07. The molecule has 0 saturated carbocycles. The van der Waals surface area contributed by atoms with Crippen LogP contribution in [-0.4, -0.2) is 28.1 Å². The summed E-state index contributed by atoms with van der Waals surface area (Å²) in [5.74, 6) is -4.47. The number of sulfonamides is 1. The molecule has 0 saturated heterocycles. The maximum atomic E-state index is 12.9. The summed E-state index contributed by atoms with van der Waals surface area (Å²) in [6, 6.07) is 3.69. The van der Waals surface area contributed by atoms with Gasteiger partial charge in [-0.05, 0) is 22.2 Å². The third kappa shape index (κ3) is 4.74. The third-order valence-corrected chi connectivity index (χ3v) is 7.77. The molecule has 0 radical (unpaired) electrons. The van der Waals surface area contributed by atoms with Crippen LogP contribution in [-0.2, 0) is 34.3 Å². The van der Waals surface area contributed by atoms with Gasteiger partial charge < -0.3 is 0 Å². The average Bonchev–Trinajstić information content (AvgIpc) is 2.53. The van der Waals surface area contributed by atoms with Gasteiger partial charge in [0.05, 0.1) is 4.90 Å². The molecule has 0 aromatic heterocycles. The first-order valence-corrected chi connectivity index (χ1v) is 10.3. The van der Waals surface area contributed by atoms with Gasteiger partial charge in [-0.15, -0.1) is 0 Å². The molecule has 0 aliphatic carbocycles. The minimum atomic E-state index is -6.52. The lowest BCUT2D eigenvalue weighted by atomic mass is 10.2. The molecule has 0 aliphatic rings. The summed E-state index contributed by atoms with van der Waals surface area (Å²) in [7, 11) is -18.0. The van der Waals surface area contributed by atoms with Crippen molar-refractivity contribution in [2.75, 3.05) is 0 Å². The Labute approximate surface area is 144 Å². The Bertz CT molecular complexity index is 1020. The summed E-state index contributed by atoms with van der Waals surface area (Å²) in [6.45, 7) is 3.35. The van der Waals surface area contributed by atoms with E-state index >= 15 is 0 Å². The van der Waals surface area contributed by atoms with E-state index in [0.717, 1.165) is 24.3 Å². The van der Waals surface area contributed by atoms with Crippen molar-refractivity contribution in [3.05, 3.63) is 36.4 Å². The number of benzene rings is 1. The van der Waals surface area contributed by atoms with Crippen LogP contribution in [0.5, 0.6) is 0 Å². The molecular formula is C10H8F6N2O5S3. The normalized spacial score (nSPS) is 17.2. The van der Waals surface area contributed by atoms with E-state index in [0.29, 0.717) is 5.56 Å². The van der Waals surface area contributed by atoms with Gasteiger partial charge in [0.15, 0.2) is 0 Å². The molecule has 148 valence electrons. The average molecular weight is 446 g/mol. The minimum absolute atomic E-state index is 0.358. The Balaban J connectivity index is 3.79. The molecule has 0 spiro atoms. The van der Waals surface area contributed by atoms with Gasteiger partial charge in [-0.3, -0.25) is 0 Å². The van der Waals surface area contributed by atoms with E-state index in [1.807, 2.05) is 3.77 Å². The second-order valence-electron chi connectivity index (χ2n) is 4.18. The molecule has 0 N–H and O–H groups in total. The fourth-order valence-corrected chi connectivity index (χ4v) is 5.71. The van der Waals surface area contributed by atoms with Crippen LogP contribution in [0.15, 0.2) is 43.3 Å². The van der Waals surface area contributed by atoms with Crippen LogP contribution in [0.1, 0.15) is 5.56 Å². The van der Waals surface area contributed by atoms with Crippen LogP contribution in [0.3, 0.4) is 0 Å². The fourth-order valence-electron chi connectivity index (χ4n) is 1.26. The first-order chi connectivity index (χ1) is 11.7. The van der Waals surface area contributed by atoms with E-state index in [2.05, 4.69) is 11.0 Å². The van der Waals surface area contributed by atoms with E-state index in [1.165, 1.54) is 6.08 Å². The highest BCUT2D eigenvalue weighted by atomic mass is 32.3. The summed E-state index contributed by atoms with van der Waals surface area (Å²) >= 11 is 0. The molecule has 2 unspecified atom stereocenters. The molecule has 1 aromatic carbocycles. The molecule has 0 fully saturated rings. The van der Waals surface area contributed by atoms with Crippen molar-refractivity contribution in [1.29, 1.82) is 0 Å². The molecule has 2 atom stereocenters. The highest BCUT2D eigenvalue weighted by Gasteiger charge is 2.48. The van der Waals surface area contributed by atoms with Crippen molar-refractivity contribution < 1.29 is 47.7 Å². The van der Waals surface area contributed by atoms with Gasteiger partial charge in [0, 0.05) is 0 Å². The highest BCUT2D eigenvalue weighted by Crippen LogP contribution is 2.32. The van der Waals surface area contributed by atoms with E-state index in [1.54, 1.807) is 3.77 Å². The summed E-state index contributed by atoms with van der Waals surface area (Å²) in [4.78, 5) is -0.917. The minimum Gasteiger partial charge on any atom is -0.215 e. The summed E-state index contributed by atoms with van der Waals surface area (Å²) in [5.41, 5.74) is -5.83. The second-order valence-corrected chi connectivity index (χ2v) is 9.76. The number of nitrogens with zero attached hydrogens (tertiary/aromatic N) is 2. The van der Waals surface area contributed by atoms with Crippen molar-refractivity contribution in [1.82, 2.24) is 0 Å². The molecule has 0 aliphatic heterocycles. The van der Waals surface area contributed by atoms with Gasteiger partial charge >= 0.3 is 11.3 Å². The smallest absolute Gasteiger partial charge is 0.215 e. The second kappa shape index (κ2) is 7.53. The van der Waals surface area contributed by atoms with E-state index in [-0.39, 0.29) is 0 Å². The molecule has 1 aromatic rings. The lowest BCUT2D eigenvalue weighted by Crippen LogP contribution is -2.25. The van der Waals surface area contributed by atoms with E-state index in [4.69, 9.17) is 0 Å². The van der Waals surface area contributed by atoms with Crippen molar-refractivity contribution >= 4 is 36.0 Å². The summed E-state index contributed by atoms with van der Waals surface area (Å²) < 4.78 is 128. The monoisotopic (exact) mass is 446 g/mol. The Hall–Kier alpha value is -1.65. The lowest BCUT2D eigenvalue weighted by molar-refractivity contribution is -0.0403. The number of alkyl halides is 5. The third-order valence-electron chi connectivity index (χ3n) is 2.43. The van der Waals surface area contributed by atoms with Crippen molar-refractivity contribution in [3.8, 4) is 0 Å². The summed E-state index contributed by atoms with van der Waals surface area (Å²) in [5, 5.41) is 0. The van der Waals surface area contributed by atoms with Crippen LogP contribution in [0.4, 0.5) is 26.5 Å². The van der Waals surface area contributed by atoms with Gasteiger partial charge in [-0.25, -0.2) is 8.42 Å². The SMILES string of the molecule is C=Cc1ccc(S(=O)(=O)N=S(=O)(N=S(=O)(OF)C(F)F)C(F)(F)F)cc1. The standard InChI is InChI=1S/C10H8F6N2O5S3/c1-2-7-3-5-8(6-4-7)24(19,20)17-26(22,10(13,14)15)18-25(21,23-16)9(11)12/h2-6,9H,1H2. The Morgan fingerprint density at radius 2 is 1.54 bits per heavy atom. The van der Waals surface area contributed by atoms with Crippen molar-refractivity contribution in [3.63, 3.8) is 0 Å². The number of hydrogen-bond acceptors (Lipinski definition) is 5. The topological polar surface area (TPSA) is 102 Å². The maximum Gasteiger partial charge on any atom is 0.501 e. The Morgan fingerprint density at radius 1 is 1.04 bits per heavy atom. The molecule has 0 bridgehead atoms. The number of halogens is 6. The van der Waals surface area contributed by atoms with Crippen molar-refractivity contribution in [2.45, 2.75) is 16.2 Å². The Kier molecular flexibility index (Phi) is 6.49. The summed E-state index contributed by atoms with van der Waals surface area (Å²) in [6.07, 6.45) is 1.26. The van der Waals surface area contributed by atoms with Gasteiger partial charge in [0.25, 0.3) is 29.9 Å². The van der Waals surface area contributed by atoms with Crippen LogP contribution < -0.4 is 0 Å². The fraction of sp³-hybridized carbons (Fsp3) is 0.200. The molecule has 0 heterocycles. The molecule has 7 nitrogen and oxygen atoms in total. The lowest BCUT2D eigenvalue weighted by Gasteiger charge is -2.10. The number of rotatable bonds is 6. The quantitative estimate of drug-likeness (QED) is 0.623. The molecule has 1 rings (SSSR count). The molecule has 0 amide bonds. The van der Waals surface area contributed by atoms with Crippen molar-refractivity contribution in [2.24, 2.45) is 7.54 Å². The van der Waals surface area contributed by atoms with Gasteiger partial charge in [0.1, 0.15) is 0 Å². The zero-order chi connectivity index (χ0) is 20.4. The van der Waals surface area contributed by atoms with Gasteiger partial charge in [-0.1, -0.05) is 36.7 Å². The predicted molar refractivity (Wildman–Crippen MR) is 79.1 cm³/mol.